The summed E-state index contributed by atoms with van der Waals surface area (Å²) in [5, 5.41) is 12.9. The lowest BCUT2D eigenvalue weighted by molar-refractivity contribution is 0.193. The molecular formula is C35H38Cl2N2O5. The van der Waals surface area contributed by atoms with Crippen molar-refractivity contribution in [2.45, 2.75) is 39.0 Å². The zero-order valence-electron chi connectivity index (χ0n) is 25.2. The summed E-state index contributed by atoms with van der Waals surface area (Å²) < 4.78 is 16.8. The van der Waals surface area contributed by atoms with Crippen molar-refractivity contribution in [3.63, 3.8) is 0 Å². The first-order valence-corrected chi connectivity index (χ1v) is 15.3. The topological polar surface area (TPSA) is 89.9 Å². The maximum atomic E-state index is 11.4. The molecule has 9 heteroatoms. The van der Waals surface area contributed by atoms with Crippen LogP contribution in [0, 0.1) is 13.8 Å². The highest BCUT2D eigenvalue weighted by Gasteiger charge is 2.18. The van der Waals surface area contributed by atoms with E-state index in [4.69, 9.17) is 37.4 Å². The number of benzene rings is 3. The normalized spacial score (nSPS) is 11.7. The average molecular weight is 638 g/mol. The molecular weight excluding hydrogens is 599 g/mol. The fourth-order valence-electron chi connectivity index (χ4n) is 5.22. The molecule has 4 rings (SSSR count). The number of carboxylic acid groups (broad SMARTS) is 1. The van der Waals surface area contributed by atoms with Crippen molar-refractivity contribution < 1.29 is 24.1 Å². The van der Waals surface area contributed by atoms with Crippen LogP contribution in [0.3, 0.4) is 0 Å². The summed E-state index contributed by atoms with van der Waals surface area (Å²) in [6.45, 7) is 5.58. The third kappa shape index (κ3) is 9.36. The zero-order chi connectivity index (χ0) is 31.5. The Labute approximate surface area is 269 Å². The lowest BCUT2D eigenvalue weighted by atomic mass is 9.87. The van der Waals surface area contributed by atoms with Crippen LogP contribution in [-0.4, -0.2) is 49.7 Å². The Bertz CT molecular complexity index is 1520. The molecule has 1 unspecified atom stereocenters. The Kier molecular flexibility index (Phi) is 12.3. The van der Waals surface area contributed by atoms with E-state index >= 15 is 0 Å². The first-order valence-electron chi connectivity index (χ1n) is 14.6. The highest BCUT2D eigenvalue weighted by molar-refractivity contribution is 6.37. The van der Waals surface area contributed by atoms with Crippen LogP contribution >= 0.6 is 23.2 Å². The lowest BCUT2D eigenvalue weighted by Gasteiger charge is -2.21. The molecule has 0 saturated carbocycles. The van der Waals surface area contributed by atoms with E-state index in [9.17, 15) is 9.90 Å². The number of nitrogens with zero attached hydrogens (tertiary/aromatic N) is 1. The highest BCUT2D eigenvalue weighted by atomic mass is 35.5. The zero-order valence-corrected chi connectivity index (χ0v) is 26.8. The van der Waals surface area contributed by atoms with Crippen molar-refractivity contribution in [1.29, 1.82) is 0 Å². The molecule has 232 valence electrons. The van der Waals surface area contributed by atoms with Gasteiger partial charge in [-0.2, -0.15) is 0 Å². The monoisotopic (exact) mass is 636 g/mol. The van der Waals surface area contributed by atoms with Crippen LogP contribution in [0.2, 0.25) is 10.0 Å². The van der Waals surface area contributed by atoms with E-state index in [0.717, 1.165) is 51.9 Å². The van der Waals surface area contributed by atoms with Gasteiger partial charge in [0, 0.05) is 43.6 Å². The van der Waals surface area contributed by atoms with Gasteiger partial charge in [-0.15, -0.1) is 0 Å². The second kappa shape index (κ2) is 16.3. The van der Waals surface area contributed by atoms with Gasteiger partial charge in [0.2, 0.25) is 0 Å². The summed E-state index contributed by atoms with van der Waals surface area (Å²) in [6, 6.07) is 21.8. The number of aromatic nitrogens is 1. The van der Waals surface area contributed by atoms with Crippen LogP contribution < -0.4 is 14.8 Å². The number of ether oxygens (including phenoxy) is 3. The van der Waals surface area contributed by atoms with Gasteiger partial charge in [0.25, 0.3) is 0 Å². The summed E-state index contributed by atoms with van der Waals surface area (Å²) in [5.74, 6) is 1.10. The molecule has 1 amide bonds. The Morgan fingerprint density at radius 1 is 0.955 bits per heavy atom. The molecule has 1 heterocycles. The molecule has 0 aliphatic rings. The maximum absolute atomic E-state index is 11.4. The van der Waals surface area contributed by atoms with Gasteiger partial charge < -0.3 is 24.6 Å². The molecule has 1 atom stereocenters. The number of methoxy groups -OCH3 is 1. The van der Waals surface area contributed by atoms with Crippen molar-refractivity contribution in [2.75, 3.05) is 33.5 Å². The largest absolute Gasteiger partial charge is 0.490 e. The second-order valence-corrected chi connectivity index (χ2v) is 11.5. The maximum Gasteiger partial charge on any atom is 0.404 e. The van der Waals surface area contributed by atoms with E-state index in [1.54, 1.807) is 19.2 Å². The van der Waals surface area contributed by atoms with Crippen LogP contribution in [-0.2, 0) is 17.6 Å². The van der Waals surface area contributed by atoms with Crippen LogP contribution in [0.25, 0.3) is 11.1 Å². The summed E-state index contributed by atoms with van der Waals surface area (Å²) in [4.78, 5) is 16.0. The fraction of sp³-hybridized carbons (Fsp3) is 0.314. The first kappa shape index (κ1) is 33.1. The molecule has 1 aromatic heterocycles. The van der Waals surface area contributed by atoms with E-state index in [1.807, 2.05) is 43.5 Å². The van der Waals surface area contributed by atoms with Gasteiger partial charge in [-0.1, -0.05) is 59.6 Å². The van der Waals surface area contributed by atoms with Crippen molar-refractivity contribution in [3.05, 3.63) is 111 Å². The Morgan fingerprint density at radius 3 is 2.36 bits per heavy atom. The van der Waals surface area contributed by atoms with E-state index in [0.29, 0.717) is 47.7 Å². The number of amides is 1. The molecule has 2 N–H and O–H groups in total. The summed E-state index contributed by atoms with van der Waals surface area (Å²) >= 11 is 12.5. The van der Waals surface area contributed by atoms with Crippen LogP contribution in [0.5, 0.6) is 11.5 Å². The standard InChI is InChI=1S/C35H38Cl2N2O5/c1-23-18-31(36)34(32(37)19-23)44-17-16-43-28-11-8-25(9-12-28)21-27(22-39-35(40)41)29-13-10-26(20-24(29)2)30-6-4-14-38-33(30)7-5-15-42-3/h4,6,8-14,18-20,27,39H,5,7,15-17,21-22H2,1-3H3,(H,40,41). The smallest absolute Gasteiger partial charge is 0.404 e. The summed E-state index contributed by atoms with van der Waals surface area (Å²) in [7, 11) is 1.71. The third-order valence-electron chi connectivity index (χ3n) is 7.32. The van der Waals surface area contributed by atoms with Crippen molar-refractivity contribution in [1.82, 2.24) is 10.3 Å². The number of hydrogen-bond acceptors (Lipinski definition) is 5. The van der Waals surface area contributed by atoms with Crippen LogP contribution in [0.1, 0.15) is 40.3 Å². The number of carbonyl (C=O) groups is 1. The molecule has 0 aliphatic heterocycles. The SMILES string of the molecule is COCCCc1ncccc1-c1ccc(C(CNC(=O)O)Cc2ccc(OCCOc3c(Cl)cc(C)cc3Cl)cc2)c(C)c1. The predicted octanol–water partition coefficient (Wildman–Crippen LogP) is 8.30. The minimum Gasteiger partial charge on any atom is -0.490 e. The molecule has 0 fully saturated rings. The van der Waals surface area contributed by atoms with Gasteiger partial charge in [0.1, 0.15) is 19.0 Å². The highest BCUT2D eigenvalue weighted by Crippen LogP contribution is 2.34. The molecule has 3 aromatic carbocycles. The number of rotatable bonds is 15. The van der Waals surface area contributed by atoms with Gasteiger partial charge in [-0.3, -0.25) is 4.98 Å². The number of nitrogens with one attached hydrogen (secondary N) is 1. The second-order valence-electron chi connectivity index (χ2n) is 10.7. The molecule has 0 radical (unpaired) electrons. The van der Waals surface area contributed by atoms with E-state index < -0.39 is 6.09 Å². The molecule has 4 aromatic rings. The van der Waals surface area contributed by atoms with Gasteiger partial charge in [0.05, 0.1) is 10.0 Å². The van der Waals surface area contributed by atoms with Crippen molar-refractivity contribution >= 4 is 29.3 Å². The predicted molar refractivity (Wildman–Crippen MR) is 176 cm³/mol. The van der Waals surface area contributed by atoms with Crippen LogP contribution in [0.4, 0.5) is 4.79 Å². The van der Waals surface area contributed by atoms with E-state index in [2.05, 4.69) is 41.5 Å². The quantitative estimate of drug-likeness (QED) is 0.128. The van der Waals surface area contributed by atoms with Crippen molar-refractivity contribution in [3.8, 4) is 22.6 Å². The van der Waals surface area contributed by atoms with E-state index in [1.165, 1.54) is 0 Å². The number of aryl methyl sites for hydroxylation is 3. The summed E-state index contributed by atoms with van der Waals surface area (Å²) in [6.07, 6.45) is 3.17. The molecule has 0 bridgehead atoms. The molecule has 0 aliphatic carbocycles. The number of halogens is 2. The van der Waals surface area contributed by atoms with Crippen molar-refractivity contribution in [2.24, 2.45) is 0 Å². The average Bonchev–Trinajstić information content (AvgIpc) is 2.99. The lowest BCUT2D eigenvalue weighted by Crippen LogP contribution is -2.28. The minimum absolute atomic E-state index is 0.0561. The van der Waals surface area contributed by atoms with Gasteiger partial charge in [-0.05, 0) is 91.3 Å². The number of hydrogen-bond donors (Lipinski definition) is 2. The number of pyridine rings is 1. The molecule has 7 nitrogen and oxygen atoms in total. The summed E-state index contributed by atoms with van der Waals surface area (Å²) in [5.41, 5.74) is 7.46. The first-order chi connectivity index (χ1) is 21.2. The van der Waals surface area contributed by atoms with Crippen LogP contribution in [0.15, 0.2) is 72.9 Å². The minimum atomic E-state index is -1.04. The third-order valence-corrected chi connectivity index (χ3v) is 7.88. The van der Waals surface area contributed by atoms with Gasteiger partial charge >= 0.3 is 6.09 Å². The van der Waals surface area contributed by atoms with Gasteiger partial charge in [0.15, 0.2) is 5.75 Å². The Morgan fingerprint density at radius 2 is 1.68 bits per heavy atom. The van der Waals surface area contributed by atoms with Gasteiger partial charge in [-0.25, -0.2) is 4.79 Å². The molecule has 44 heavy (non-hydrogen) atoms. The molecule has 0 saturated heterocycles. The molecule has 0 spiro atoms. The fourth-order valence-corrected chi connectivity index (χ4v) is 5.93. The Balaban J connectivity index is 1.42. The Hall–Kier alpha value is -3.78. The van der Waals surface area contributed by atoms with E-state index in [-0.39, 0.29) is 12.5 Å².